The molecule has 0 aliphatic carbocycles. The summed E-state index contributed by atoms with van der Waals surface area (Å²) in [5.74, 6) is 6.96. The normalized spacial score (nSPS) is 9.93. The minimum atomic E-state index is 0. The van der Waals surface area contributed by atoms with Crippen LogP contribution in [-0.2, 0) is 6.54 Å². The Morgan fingerprint density at radius 3 is 2.80 bits per heavy atom. The maximum atomic E-state index is 5.93. The van der Waals surface area contributed by atoms with Crippen LogP contribution in [0.2, 0.25) is 0 Å². The maximum Gasteiger partial charge on any atom is 0.277 e. The van der Waals surface area contributed by atoms with Crippen molar-refractivity contribution in [2.24, 2.45) is 0 Å². The summed E-state index contributed by atoms with van der Waals surface area (Å²) < 4.78 is 3.85. The average Bonchev–Trinajstić information content (AvgIpc) is 2.45. The van der Waals surface area contributed by atoms with Gasteiger partial charge in [0.15, 0.2) is 11.0 Å². The van der Waals surface area contributed by atoms with Gasteiger partial charge in [-0.05, 0) is 12.1 Å². The van der Waals surface area contributed by atoms with E-state index in [0.29, 0.717) is 0 Å². The van der Waals surface area contributed by atoms with Crippen LogP contribution in [-0.4, -0.2) is 4.68 Å². The van der Waals surface area contributed by atoms with E-state index in [4.69, 9.17) is 5.84 Å². The number of hydrogen-bond acceptors (Lipinski definition) is 1. The number of nitrogens with zero attached hydrogens (tertiary/aromatic N) is 2. The zero-order valence-corrected chi connectivity index (χ0v) is 10.2. The molecule has 3 nitrogen and oxygen atoms in total. The fourth-order valence-electron chi connectivity index (χ4n) is 1.73. The highest BCUT2D eigenvalue weighted by Gasteiger charge is 2.17. The highest BCUT2D eigenvalue weighted by Crippen LogP contribution is 2.10. The van der Waals surface area contributed by atoms with Crippen molar-refractivity contribution < 1.29 is 21.5 Å². The number of halogens is 1. The van der Waals surface area contributed by atoms with Gasteiger partial charge in [-0.25, -0.2) is 4.57 Å². The van der Waals surface area contributed by atoms with Crippen molar-refractivity contribution in [3.8, 4) is 0 Å². The van der Waals surface area contributed by atoms with Gasteiger partial charge in [0.05, 0.1) is 0 Å². The van der Waals surface area contributed by atoms with Gasteiger partial charge in [-0.1, -0.05) is 24.8 Å². The molecule has 0 fully saturated rings. The van der Waals surface area contributed by atoms with Crippen LogP contribution in [0.15, 0.2) is 36.9 Å². The molecule has 0 saturated carbocycles. The topological polar surface area (TPSA) is 34.8 Å². The van der Waals surface area contributed by atoms with Gasteiger partial charge in [0.2, 0.25) is 0 Å². The Hall–Kier alpha value is -1.29. The standard InChI is InChI=1S/C11H14N3.BrH/c1-3-8-13-9(2)14(12)11-7-5-4-6-10(11)13;/h3-7H,1,8,12H2,2H3;1H/q+1;/p-1. The molecule has 0 amide bonds. The predicted octanol–water partition coefficient (Wildman–Crippen LogP) is -1.86. The number of allylic oxidation sites excluding steroid dienone is 1. The Balaban J connectivity index is 0.00000112. The number of benzene rings is 1. The van der Waals surface area contributed by atoms with Crippen LogP contribution in [0.3, 0.4) is 0 Å². The molecule has 4 heteroatoms. The number of aromatic nitrogens is 2. The van der Waals surface area contributed by atoms with Gasteiger partial charge in [0.25, 0.3) is 5.82 Å². The van der Waals surface area contributed by atoms with Gasteiger partial charge in [-0.3, -0.25) is 5.84 Å². The van der Waals surface area contributed by atoms with E-state index >= 15 is 0 Å². The van der Waals surface area contributed by atoms with E-state index in [1.54, 1.807) is 4.68 Å². The van der Waals surface area contributed by atoms with Gasteiger partial charge < -0.3 is 17.0 Å². The lowest BCUT2D eigenvalue weighted by Crippen LogP contribution is -3.00. The van der Waals surface area contributed by atoms with Gasteiger partial charge in [-0.15, -0.1) is 4.68 Å². The van der Waals surface area contributed by atoms with Crippen molar-refractivity contribution in [3.05, 3.63) is 42.7 Å². The monoisotopic (exact) mass is 267 g/mol. The van der Waals surface area contributed by atoms with Crippen LogP contribution in [0.1, 0.15) is 5.82 Å². The Labute approximate surface area is 99.6 Å². The predicted molar refractivity (Wildman–Crippen MR) is 57.2 cm³/mol. The fraction of sp³-hybridized carbons (Fsp3) is 0.182. The van der Waals surface area contributed by atoms with Crippen molar-refractivity contribution in [3.63, 3.8) is 0 Å². The van der Waals surface area contributed by atoms with Gasteiger partial charge in [-0.2, -0.15) is 0 Å². The first-order valence-electron chi connectivity index (χ1n) is 4.61. The third-order valence-corrected chi connectivity index (χ3v) is 2.48. The number of para-hydroxylation sites is 2. The Kier molecular flexibility index (Phi) is 3.52. The van der Waals surface area contributed by atoms with Crippen LogP contribution >= 0.6 is 0 Å². The van der Waals surface area contributed by atoms with Crippen molar-refractivity contribution in [2.45, 2.75) is 13.5 Å². The molecule has 15 heavy (non-hydrogen) atoms. The molecule has 80 valence electrons. The third-order valence-electron chi connectivity index (χ3n) is 2.48. The Bertz CT molecular complexity index is 488. The fourth-order valence-corrected chi connectivity index (χ4v) is 1.73. The summed E-state index contributed by atoms with van der Waals surface area (Å²) in [6.45, 7) is 6.53. The number of hydrogen-bond donors (Lipinski definition) is 1. The largest absolute Gasteiger partial charge is 1.00 e. The quantitative estimate of drug-likeness (QED) is 0.387. The molecule has 2 rings (SSSR count). The summed E-state index contributed by atoms with van der Waals surface area (Å²) in [5, 5.41) is 0. The highest BCUT2D eigenvalue weighted by atomic mass is 79.9. The van der Waals surface area contributed by atoms with E-state index in [1.165, 1.54) is 0 Å². The summed E-state index contributed by atoms with van der Waals surface area (Å²) in [5.41, 5.74) is 2.19. The van der Waals surface area contributed by atoms with Crippen LogP contribution < -0.4 is 27.4 Å². The number of rotatable bonds is 2. The van der Waals surface area contributed by atoms with E-state index in [1.807, 2.05) is 31.2 Å². The van der Waals surface area contributed by atoms with Crippen LogP contribution in [0.4, 0.5) is 0 Å². The van der Waals surface area contributed by atoms with Crippen LogP contribution in [0.25, 0.3) is 11.0 Å². The van der Waals surface area contributed by atoms with E-state index < -0.39 is 0 Å². The molecule has 0 bridgehead atoms. The molecule has 1 heterocycles. The molecule has 0 radical (unpaired) electrons. The first-order chi connectivity index (χ1) is 6.75. The summed E-state index contributed by atoms with van der Waals surface area (Å²) >= 11 is 0. The molecule has 0 saturated heterocycles. The van der Waals surface area contributed by atoms with Gasteiger partial charge >= 0.3 is 0 Å². The zero-order valence-electron chi connectivity index (χ0n) is 8.65. The molecule has 2 aromatic rings. The van der Waals surface area contributed by atoms with E-state index in [-0.39, 0.29) is 17.0 Å². The minimum Gasteiger partial charge on any atom is -1.00 e. The van der Waals surface area contributed by atoms with Crippen molar-refractivity contribution in [1.29, 1.82) is 0 Å². The highest BCUT2D eigenvalue weighted by molar-refractivity contribution is 5.72. The molecule has 0 aliphatic rings. The molecule has 2 N–H and O–H groups in total. The number of imidazole rings is 1. The van der Waals surface area contributed by atoms with E-state index in [9.17, 15) is 0 Å². The smallest absolute Gasteiger partial charge is 0.277 e. The summed E-state index contributed by atoms with van der Waals surface area (Å²) in [6, 6.07) is 8.09. The second-order valence-electron chi connectivity index (χ2n) is 3.31. The molecular weight excluding hydrogens is 254 g/mol. The van der Waals surface area contributed by atoms with Crippen molar-refractivity contribution in [2.75, 3.05) is 5.84 Å². The Morgan fingerprint density at radius 1 is 1.47 bits per heavy atom. The number of fused-ring (bicyclic) bond motifs is 1. The molecule has 0 atom stereocenters. The molecular formula is C11H14BrN3. The molecule has 0 spiro atoms. The van der Waals surface area contributed by atoms with Crippen molar-refractivity contribution in [1.82, 2.24) is 4.68 Å². The second-order valence-corrected chi connectivity index (χ2v) is 3.31. The van der Waals surface area contributed by atoms with Crippen molar-refractivity contribution >= 4 is 11.0 Å². The number of nitrogens with two attached hydrogens (primary N) is 1. The lowest BCUT2D eigenvalue weighted by Gasteiger charge is -1.93. The maximum absolute atomic E-state index is 5.93. The second kappa shape index (κ2) is 4.49. The Morgan fingerprint density at radius 2 is 2.13 bits per heavy atom. The third kappa shape index (κ3) is 1.77. The molecule has 0 unspecified atom stereocenters. The lowest BCUT2D eigenvalue weighted by molar-refractivity contribution is -0.667. The molecule has 1 aromatic heterocycles. The summed E-state index contributed by atoms with van der Waals surface area (Å²) in [6.07, 6.45) is 1.87. The summed E-state index contributed by atoms with van der Waals surface area (Å²) in [7, 11) is 0. The zero-order chi connectivity index (χ0) is 10.1. The minimum absolute atomic E-state index is 0. The van der Waals surface area contributed by atoms with Gasteiger partial charge in [0, 0.05) is 6.92 Å². The van der Waals surface area contributed by atoms with Crippen LogP contribution in [0, 0.1) is 6.92 Å². The van der Waals surface area contributed by atoms with Crippen LogP contribution in [0.5, 0.6) is 0 Å². The van der Waals surface area contributed by atoms with Gasteiger partial charge in [0.1, 0.15) is 6.54 Å². The first-order valence-corrected chi connectivity index (χ1v) is 4.61. The van der Waals surface area contributed by atoms with E-state index in [0.717, 1.165) is 23.4 Å². The van der Waals surface area contributed by atoms with E-state index in [2.05, 4.69) is 17.2 Å². The molecule has 0 aliphatic heterocycles. The number of nitrogen functional groups attached to an aromatic ring is 1. The SMILES string of the molecule is C=CC[n+]1c(C)n(N)c2ccccc21.[Br-]. The molecule has 1 aromatic carbocycles. The summed E-state index contributed by atoms with van der Waals surface area (Å²) in [4.78, 5) is 0. The lowest BCUT2D eigenvalue weighted by atomic mass is 10.3. The first kappa shape index (κ1) is 11.8. The average molecular weight is 268 g/mol.